The van der Waals surface area contributed by atoms with Crippen molar-refractivity contribution in [2.45, 2.75) is 0 Å². The van der Waals surface area contributed by atoms with Crippen LogP contribution >= 0.6 is 0 Å². The fourth-order valence-electron chi connectivity index (χ4n) is 1.50. The van der Waals surface area contributed by atoms with Gasteiger partial charge in [0, 0.05) is 5.56 Å². The Morgan fingerprint density at radius 3 is 3.15 bits per heavy atom. The van der Waals surface area contributed by atoms with E-state index in [2.05, 4.69) is 4.99 Å². The van der Waals surface area contributed by atoms with Crippen molar-refractivity contribution in [1.29, 1.82) is 0 Å². The number of fused-ring (bicyclic) bond motifs is 3. The first-order chi connectivity index (χ1) is 6.45. The summed E-state index contributed by atoms with van der Waals surface area (Å²) in [5.41, 5.74) is 1.92. The molecule has 3 nitrogen and oxygen atoms in total. The maximum atomic E-state index is 5.37. The van der Waals surface area contributed by atoms with E-state index in [0.717, 1.165) is 22.8 Å². The molecular formula is C10H7NO2. The molecule has 0 N–H and O–H groups in total. The second-order valence-electron chi connectivity index (χ2n) is 2.88. The van der Waals surface area contributed by atoms with Crippen molar-refractivity contribution < 1.29 is 9.47 Å². The van der Waals surface area contributed by atoms with E-state index >= 15 is 0 Å². The molecule has 0 unspecified atom stereocenters. The van der Waals surface area contributed by atoms with Crippen LogP contribution in [0.5, 0.6) is 5.75 Å². The van der Waals surface area contributed by atoms with Crippen LogP contribution in [0.4, 0.5) is 0 Å². The van der Waals surface area contributed by atoms with Crippen molar-refractivity contribution >= 4 is 5.71 Å². The van der Waals surface area contributed by atoms with Crippen molar-refractivity contribution in [2.75, 3.05) is 6.73 Å². The third kappa shape index (κ3) is 0.869. The van der Waals surface area contributed by atoms with E-state index in [1.54, 1.807) is 6.26 Å². The van der Waals surface area contributed by atoms with Gasteiger partial charge >= 0.3 is 0 Å². The third-order valence-corrected chi connectivity index (χ3v) is 2.11. The maximum Gasteiger partial charge on any atom is 0.183 e. The maximum absolute atomic E-state index is 5.37. The number of benzene rings is 1. The zero-order chi connectivity index (χ0) is 8.67. The highest BCUT2D eigenvalue weighted by Crippen LogP contribution is 2.29. The Balaban J connectivity index is 2.22. The van der Waals surface area contributed by atoms with Gasteiger partial charge in [0.2, 0.25) is 0 Å². The fourth-order valence-corrected chi connectivity index (χ4v) is 1.50. The van der Waals surface area contributed by atoms with Crippen molar-refractivity contribution in [3.05, 3.63) is 41.9 Å². The Labute approximate surface area is 75.3 Å². The Morgan fingerprint density at radius 2 is 2.15 bits per heavy atom. The summed E-state index contributed by atoms with van der Waals surface area (Å²) in [5.74, 6) is 1.58. The minimum absolute atomic E-state index is 0.402. The van der Waals surface area contributed by atoms with Gasteiger partial charge in [0.15, 0.2) is 12.5 Å². The summed E-state index contributed by atoms with van der Waals surface area (Å²) in [6.45, 7) is 0.402. The molecule has 2 aliphatic rings. The van der Waals surface area contributed by atoms with Crippen LogP contribution in [0.3, 0.4) is 0 Å². The SMILES string of the molecule is C1=C2OCN=C2c2ccccc2O1. The van der Waals surface area contributed by atoms with Crippen LogP contribution in [0.25, 0.3) is 0 Å². The normalized spacial score (nSPS) is 17.5. The predicted molar refractivity (Wildman–Crippen MR) is 47.6 cm³/mol. The molecule has 2 heterocycles. The van der Waals surface area contributed by atoms with E-state index < -0.39 is 0 Å². The van der Waals surface area contributed by atoms with Gasteiger partial charge in [0.1, 0.15) is 17.7 Å². The molecule has 3 rings (SSSR count). The standard InChI is InChI=1S/C10H7NO2/c1-2-4-8-7(3-1)10-9(5-12-8)13-6-11-10/h1-5H,6H2. The number of aliphatic imine (C=N–C) groups is 1. The van der Waals surface area contributed by atoms with Gasteiger partial charge in [-0.05, 0) is 12.1 Å². The molecule has 0 saturated carbocycles. The van der Waals surface area contributed by atoms with Crippen molar-refractivity contribution in [2.24, 2.45) is 4.99 Å². The second-order valence-corrected chi connectivity index (χ2v) is 2.88. The second kappa shape index (κ2) is 2.36. The molecule has 0 atom stereocenters. The molecule has 0 aromatic heterocycles. The molecule has 0 saturated heterocycles. The first-order valence-electron chi connectivity index (χ1n) is 4.09. The van der Waals surface area contributed by atoms with Gasteiger partial charge in [-0.2, -0.15) is 0 Å². The average molecular weight is 173 g/mol. The van der Waals surface area contributed by atoms with Crippen molar-refractivity contribution in [1.82, 2.24) is 0 Å². The van der Waals surface area contributed by atoms with Crippen LogP contribution in [-0.4, -0.2) is 12.4 Å². The zero-order valence-electron chi connectivity index (χ0n) is 6.86. The quantitative estimate of drug-likeness (QED) is 0.597. The topological polar surface area (TPSA) is 30.8 Å². The minimum atomic E-state index is 0.402. The number of ether oxygens (including phenoxy) is 2. The van der Waals surface area contributed by atoms with E-state index in [0.29, 0.717) is 6.73 Å². The molecule has 2 aliphatic heterocycles. The number of hydrogen-bond donors (Lipinski definition) is 0. The summed E-state index contributed by atoms with van der Waals surface area (Å²) < 4.78 is 10.6. The summed E-state index contributed by atoms with van der Waals surface area (Å²) in [4.78, 5) is 4.25. The van der Waals surface area contributed by atoms with Gasteiger partial charge in [-0.1, -0.05) is 12.1 Å². The molecule has 0 bridgehead atoms. The molecule has 1 aromatic rings. The largest absolute Gasteiger partial charge is 0.466 e. The van der Waals surface area contributed by atoms with Gasteiger partial charge in [-0.3, -0.25) is 0 Å². The van der Waals surface area contributed by atoms with Crippen LogP contribution in [0.2, 0.25) is 0 Å². The lowest BCUT2D eigenvalue weighted by Gasteiger charge is -2.13. The van der Waals surface area contributed by atoms with Crippen molar-refractivity contribution in [3.63, 3.8) is 0 Å². The van der Waals surface area contributed by atoms with E-state index in [1.807, 2.05) is 24.3 Å². The lowest BCUT2D eigenvalue weighted by molar-refractivity contribution is 0.248. The lowest BCUT2D eigenvalue weighted by atomic mass is 10.1. The van der Waals surface area contributed by atoms with Crippen LogP contribution in [0.15, 0.2) is 41.3 Å². The number of hydrogen-bond acceptors (Lipinski definition) is 3. The average Bonchev–Trinajstić information content (AvgIpc) is 2.65. The Morgan fingerprint density at radius 1 is 1.23 bits per heavy atom. The minimum Gasteiger partial charge on any atom is -0.466 e. The number of para-hydroxylation sites is 1. The predicted octanol–water partition coefficient (Wildman–Crippen LogP) is 1.70. The molecule has 0 amide bonds. The molecule has 0 radical (unpaired) electrons. The first kappa shape index (κ1) is 6.71. The lowest BCUT2D eigenvalue weighted by Crippen LogP contribution is -2.09. The first-order valence-corrected chi connectivity index (χ1v) is 4.09. The highest BCUT2D eigenvalue weighted by atomic mass is 16.5. The molecule has 3 heteroatoms. The molecule has 13 heavy (non-hydrogen) atoms. The number of rotatable bonds is 0. The van der Waals surface area contributed by atoms with Gasteiger partial charge in [-0.25, -0.2) is 4.99 Å². The third-order valence-electron chi connectivity index (χ3n) is 2.11. The summed E-state index contributed by atoms with van der Waals surface area (Å²) in [7, 11) is 0. The van der Waals surface area contributed by atoms with E-state index in [4.69, 9.17) is 9.47 Å². The zero-order valence-corrected chi connectivity index (χ0v) is 6.86. The molecule has 1 aromatic carbocycles. The molecular weight excluding hydrogens is 166 g/mol. The van der Waals surface area contributed by atoms with Crippen LogP contribution < -0.4 is 4.74 Å². The van der Waals surface area contributed by atoms with Crippen molar-refractivity contribution in [3.8, 4) is 5.75 Å². The van der Waals surface area contributed by atoms with Gasteiger partial charge in [-0.15, -0.1) is 0 Å². The van der Waals surface area contributed by atoms with Crippen LogP contribution in [0.1, 0.15) is 5.56 Å². The van der Waals surface area contributed by atoms with E-state index in [1.165, 1.54) is 0 Å². The molecule has 64 valence electrons. The molecule has 0 fully saturated rings. The smallest absolute Gasteiger partial charge is 0.183 e. The highest BCUT2D eigenvalue weighted by molar-refractivity contribution is 6.14. The van der Waals surface area contributed by atoms with Crippen LogP contribution in [0, 0.1) is 0 Å². The Hall–Kier alpha value is -1.77. The summed E-state index contributed by atoms with van der Waals surface area (Å²) in [5, 5.41) is 0. The van der Waals surface area contributed by atoms with Gasteiger partial charge in [0.25, 0.3) is 0 Å². The number of nitrogens with zero attached hydrogens (tertiary/aromatic N) is 1. The van der Waals surface area contributed by atoms with E-state index in [9.17, 15) is 0 Å². The molecule has 0 spiro atoms. The summed E-state index contributed by atoms with van der Waals surface area (Å²) >= 11 is 0. The molecule has 0 aliphatic carbocycles. The summed E-state index contributed by atoms with van der Waals surface area (Å²) in [6.07, 6.45) is 1.61. The van der Waals surface area contributed by atoms with E-state index in [-0.39, 0.29) is 0 Å². The van der Waals surface area contributed by atoms with Gasteiger partial charge < -0.3 is 9.47 Å². The number of allylic oxidation sites excluding steroid dienone is 1. The Kier molecular flexibility index (Phi) is 1.22. The highest BCUT2D eigenvalue weighted by Gasteiger charge is 2.24. The van der Waals surface area contributed by atoms with Gasteiger partial charge in [0.05, 0.1) is 0 Å². The summed E-state index contributed by atoms with van der Waals surface area (Å²) in [6, 6.07) is 7.80. The Bertz CT molecular complexity index is 421. The monoisotopic (exact) mass is 173 g/mol. The van der Waals surface area contributed by atoms with Crippen LogP contribution in [-0.2, 0) is 4.74 Å². The fraction of sp³-hybridized carbons (Fsp3) is 0.100.